The molecule has 45 heavy (non-hydrogen) atoms. The number of hydrogen-bond donors (Lipinski definition) is 0. The molecule has 10 heteroatoms. The first kappa shape index (κ1) is 35.9. The van der Waals surface area contributed by atoms with Crippen LogP contribution in [0.5, 0.6) is 0 Å². The van der Waals surface area contributed by atoms with Crippen molar-refractivity contribution in [2.24, 2.45) is 0 Å². The molecule has 1 spiro atoms. The molecule has 1 atom stereocenters. The van der Waals surface area contributed by atoms with E-state index in [2.05, 4.69) is 71.5 Å². The van der Waals surface area contributed by atoms with Gasteiger partial charge in [0.25, 0.3) is 0 Å². The Kier molecular flexibility index (Phi) is 12.5. The highest BCUT2D eigenvalue weighted by Gasteiger charge is 2.45. The molecule has 2 fully saturated rings. The monoisotopic (exact) mass is 625 g/mol. The number of hydrogen-bond acceptors (Lipinski definition) is 7. The number of carbonyl (C=O) groups is 2. The Morgan fingerprint density at radius 3 is 2.42 bits per heavy atom. The van der Waals surface area contributed by atoms with Crippen LogP contribution in [0.3, 0.4) is 0 Å². The van der Waals surface area contributed by atoms with Gasteiger partial charge >= 0.3 is 12.1 Å². The third-order valence-electron chi connectivity index (χ3n) is 7.74. The molecule has 0 aromatic carbocycles. The minimum absolute atomic E-state index is 0.0694. The summed E-state index contributed by atoms with van der Waals surface area (Å²) in [6.45, 7) is 21.4. The number of imidazole rings is 1. The van der Waals surface area contributed by atoms with E-state index in [9.17, 15) is 14.0 Å². The van der Waals surface area contributed by atoms with Crippen molar-refractivity contribution in [3.63, 3.8) is 0 Å². The number of ether oxygens (including phenoxy) is 2. The minimum atomic E-state index is -1.21. The van der Waals surface area contributed by atoms with Gasteiger partial charge in [0.15, 0.2) is 0 Å². The Labute approximate surface area is 268 Å². The third-order valence-corrected chi connectivity index (χ3v) is 7.74. The molecule has 2 saturated heterocycles. The SMILES string of the molecule is CCCC(=O)F.CCCc1c(N2CCC3(CN(C(=O)OC(C)(C)C)CCO3)C2)ccnc1C.Cc1cc(C)c2nc(C)cn2c1. The van der Waals surface area contributed by atoms with E-state index in [1.54, 1.807) is 6.92 Å². The van der Waals surface area contributed by atoms with Crippen LogP contribution in [0.4, 0.5) is 14.9 Å². The minimum Gasteiger partial charge on any atom is -0.444 e. The number of fused-ring (bicyclic) bond motifs is 1. The van der Waals surface area contributed by atoms with Crippen LogP contribution in [0.15, 0.2) is 30.7 Å². The average molecular weight is 626 g/mol. The van der Waals surface area contributed by atoms with Gasteiger partial charge in [-0.15, -0.1) is 0 Å². The van der Waals surface area contributed by atoms with Crippen LogP contribution in [-0.4, -0.2) is 75.4 Å². The van der Waals surface area contributed by atoms with Gasteiger partial charge in [-0.1, -0.05) is 26.3 Å². The molecule has 5 heterocycles. The van der Waals surface area contributed by atoms with Gasteiger partial charge in [-0.3, -0.25) is 9.78 Å². The number of amides is 1. The van der Waals surface area contributed by atoms with Gasteiger partial charge in [0.1, 0.15) is 16.8 Å². The van der Waals surface area contributed by atoms with E-state index in [0.717, 1.165) is 49.4 Å². The fourth-order valence-electron chi connectivity index (χ4n) is 5.83. The standard InChI is InChI=1S/C21H33N3O3.C10H12N2.C4H7FO/c1-6-7-17-16(2)22-10-8-18(17)23-11-9-21(14-23)15-24(12-13-26-21)19(25)27-20(3,4)5;1-7-4-8(2)10-11-9(3)6-12(10)5-7;1-2-3-4(5)6/h8,10H,6-7,9,11-15H2,1-5H3;4-6H,1-3H3;2-3H2,1H3. The summed E-state index contributed by atoms with van der Waals surface area (Å²) in [7, 11) is 0. The van der Waals surface area contributed by atoms with Gasteiger partial charge in [0, 0.05) is 56.0 Å². The largest absolute Gasteiger partial charge is 0.444 e. The van der Waals surface area contributed by atoms with Crippen LogP contribution in [0.1, 0.15) is 88.4 Å². The highest BCUT2D eigenvalue weighted by molar-refractivity contribution is 5.68. The fourth-order valence-corrected chi connectivity index (χ4v) is 5.83. The summed E-state index contributed by atoms with van der Waals surface area (Å²) in [5.41, 5.74) is 7.57. The van der Waals surface area contributed by atoms with Gasteiger partial charge in [-0.2, -0.15) is 4.39 Å². The van der Waals surface area contributed by atoms with Crippen molar-refractivity contribution in [2.75, 3.05) is 37.7 Å². The van der Waals surface area contributed by atoms with Crippen molar-refractivity contribution in [3.05, 3.63) is 58.8 Å². The molecular formula is C35H52FN5O4. The molecule has 0 aliphatic carbocycles. The van der Waals surface area contributed by atoms with Crippen molar-refractivity contribution >= 4 is 23.5 Å². The van der Waals surface area contributed by atoms with Crippen molar-refractivity contribution in [3.8, 4) is 0 Å². The second-order valence-corrected chi connectivity index (χ2v) is 13.2. The third kappa shape index (κ3) is 10.2. The van der Waals surface area contributed by atoms with Gasteiger partial charge in [0.05, 0.1) is 18.8 Å². The Balaban J connectivity index is 0.000000251. The first-order valence-corrected chi connectivity index (χ1v) is 16.1. The lowest BCUT2D eigenvalue weighted by atomic mass is 10.0. The number of morpholine rings is 1. The number of aryl methyl sites for hydroxylation is 4. The number of aromatic nitrogens is 3. The predicted octanol–water partition coefficient (Wildman–Crippen LogP) is 7.10. The lowest BCUT2D eigenvalue weighted by Crippen LogP contribution is -2.55. The Morgan fingerprint density at radius 1 is 1.07 bits per heavy atom. The lowest BCUT2D eigenvalue weighted by Gasteiger charge is -2.40. The molecule has 3 aromatic heterocycles. The highest BCUT2D eigenvalue weighted by atomic mass is 19.1. The van der Waals surface area contributed by atoms with Crippen molar-refractivity contribution in [1.29, 1.82) is 0 Å². The van der Waals surface area contributed by atoms with E-state index in [-0.39, 0.29) is 18.1 Å². The summed E-state index contributed by atoms with van der Waals surface area (Å²) in [6, 6.07) is 3.06. The first-order valence-electron chi connectivity index (χ1n) is 16.1. The van der Waals surface area contributed by atoms with E-state index >= 15 is 0 Å². The predicted molar refractivity (Wildman–Crippen MR) is 177 cm³/mol. The number of carbonyl (C=O) groups excluding carboxylic acids is 2. The number of anilines is 1. The van der Waals surface area contributed by atoms with E-state index in [0.29, 0.717) is 26.1 Å². The second kappa shape index (κ2) is 15.7. The van der Waals surface area contributed by atoms with Crippen LogP contribution in [0, 0.1) is 27.7 Å². The van der Waals surface area contributed by atoms with E-state index in [1.807, 2.05) is 38.8 Å². The summed E-state index contributed by atoms with van der Waals surface area (Å²) in [5.74, 6) is 0. The first-order chi connectivity index (χ1) is 21.2. The summed E-state index contributed by atoms with van der Waals surface area (Å²) in [4.78, 5) is 35.0. The highest BCUT2D eigenvalue weighted by Crippen LogP contribution is 2.35. The van der Waals surface area contributed by atoms with E-state index in [1.165, 1.54) is 22.4 Å². The zero-order valence-electron chi connectivity index (χ0n) is 28.7. The smallest absolute Gasteiger partial charge is 0.410 e. The molecule has 248 valence electrons. The van der Waals surface area contributed by atoms with Crippen LogP contribution in [0.2, 0.25) is 0 Å². The number of pyridine rings is 2. The molecule has 0 bridgehead atoms. The molecule has 1 amide bonds. The summed E-state index contributed by atoms with van der Waals surface area (Å²) >= 11 is 0. The van der Waals surface area contributed by atoms with E-state index in [4.69, 9.17) is 9.47 Å². The summed E-state index contributed by atoms with van der Waals surface area (Å²) in [5, 5.41) is 0. The Hall–Kier alpha value is -3.53. The van der Waals surface area contributed by atoms with Gasteiger partial charge in [0.2, 0.25) is 0 Å². The van der Waals surface area contributed by atoms with Gasteiger partial charge in [-0.05, 0) is 90.5 Å². The molecule has 3 aromatic rings. The van der Waals surface area contributed by atoms with Crippen LogP contribution >= 0.6 is 0 Å². The summed E-state index contributed by atoms with van der Waals surface area (Å²) < 4.78 is 24.9. The van der Waals surface area contributed by atoms with Gasteiger partial charge in [-0.25, -0.2) is 9.78 Å². The Morgan fingerprint density at radius 2 is 1.80 bits per heavy atom. The molecule has 0 radical (unpaired) electrons. The number of nitrogens with zero attached hydrogens (tertiary/aromatic N) is 5. The topological polar surface area (TPSA) is 89.3 Å². The number of halogens is 1. The maximum atomic E-state index is 12.5. The molecule has 1 unspecified atom stereocenters. The average Bonchev–Trinajstić information content (AvgIpc) is 3.52. The molecule has 2 aliphatic rings. The molecule has 2 aliphatic heterocycles. The van der Waals surface area contributed by atoms with Crippen LogP contribution in [0.25, 0.3) is 5.65 Å². The Bertz CT molecular complexity index is 1450. The zero-order valence-corrected chi connectivity index (χ0v) is 28.7. The van der Waals surface area contributed by atoms with Crippen molar-refractivity contribution in [2.45, 2.75) is 106 Å². The molecule has 0 saturated carbocycles. The molecular weight excluding hydrogens is 573 g/mol. The maximum Gasteiger partial charge on any atom is 0.410 e. The maximum absolute atomic E-state index is 12.5. The van der Waals surface area contributed by atoms with Crippen molar-refractivity contribution in [1.82, 2.24) is 19.3 Å². The second-order valence-electron chi connectivity index (χ2n) is 13.2. The van der Waals surface area contributed by atoms with Crippen molar-refractivity contribution < 1.29 is 23.5 Å². The fraction of sp³-hybridized carbons (Fsp3) is 0.600. The quantitative estimate of drug-likeness (QED) is 0.280. The van der Waals surface area contributed by atoms with E-state index < -0.39 is 11.6 Å². The molecule has 9 nitrogen and oxygen atoms in total. The molecule has 0 N–H and O–H groups in total. The zero-order chi connectivity index (χ0) is 33.4. The number of rotatable bonds is 5. The normalized spacial score (nSPS) is 17.9. The summed E-state index contributed by atoms with van der Waals surface area (Å²) in [6.07, 6.45) is 9.52. The van der Waals surface area contributed by atoms with Gasteiger partial charge < -0.3 is 23.7 Å². The lowest BCUT2D eigenvalue weighted by molar-refractivity contribution is -0.129. The van der Waals surface area contributed by atoms with Crippen LogP contribution < -0.4 is 4.90 Å². The van der Waals surface area contributed by atoms with Crippen LogP contribution in [-0.2, 0) is 20.7 Å². The molecule has 5 rings (SSSR count).